The van der Waals surface area contributed by atoms with Crippen molar-refractivity contribution in [3.63, 3.8) is 0 Å². The van der Waals surface area contributed by atoms with Crippen LogP contribution in [0.25, 0.3) is 0 Å². The van der Waals surface area contributed by atoms with Gasteiger partial charge in [0.05, 0.1) is 12.3 Å². The molecule has 0 radical (unpaired) electrons. The van der Waals surface area contributed by atoms with E-state index in [0.29, 0.717) is 25.1 Å². The monoisotopic (exact) mass is 199 g/mol. The van der Waals surface area contributed by atoms with Crippen molar-refractivity contribution >= 4 is 5.69 Å². The smallest absolute Gasteiger partial charge is 0.177 e. The van der Waals surface area contributed by atoms with Crippen LogP contribution in [0, 0.1) is 5.82 Å². The number of hydrogen-bond donors (Lipinski definition) is 2. The van der Waals surface area contributed by atoms with Crippen LogP contribution < -0.4 is 10.5 Å². The van der Waals surface area contributed by atoms with Crippen molar-refractivity contribution in [2.75, 3.05) is 18.9 Å². The van der Waals surface area contributed by atoms with Gasteiger partial charge in [-0.3, -0.25) is 0 Å². The van der Waals surface area contributed by atoms with E-state index in [4.69, 9.17) is 15.6 Å². The molecular formula is C10H14FNO2. The van der Waals surface area contributed by atoms with Gasteiger partial charge in [0.1, 0.15) is 0 Å². The van der Waals surface area contributed by atoms with Crippen molar-refractivity contribution in [2.24, 2.45) is 0 Å². The Hall–Kier alpha value is -1.29. The standard InChI is InChI=1S/C10H14FNO2/c11-8-4-3-5-9(12)10(8)14-7-2-1-6-13/h3-5,13H,1-2,6-7,12H2. The maximum Gasteiger partial charge on any atom is 0.177 e. The van der Waals surface area contributed by atoms with Gasteiger partial charge in [-0.1, -0.05) is 6.07 Å². The van der Waals surface area contributed by atoms with Gasteiger partial charge in [0.25, 0.3) is 0 Å². The van der Waals surface area contributed by atoms with Crippen molar-refractivity contribution in [3.05, 3.63) is 24.0 Å². The second-order valence-electron chi connectivity index (χ2n) is 2.94. The minimum atomic E-state index is -0.450. The summed E-state index contributed by atoms with van der Waals surface area (Å²) in [6, 6.07) is 4.42. The molecule has 0 saturated carbocycles. The Bertz CT molecular complexity index is 271. The number of aliphatic hydroxyl groups is 1. The summed E-state index contributed by atoms with van der Waals surface area (Å²) < 4.78 is 18.3. The predicted molar refractivity (Wildman–Crippen MR) is 52.6 cm³/mol. The van der Waals surface area contributed by atoms with Gasteiger partial charge in [-0.2, -0.15) is 0 Å². The first-order valence-electron chi connectivity index (χ1n) is 4.53. The molecule has 3 N–H and O–H groups in total. The summed E-state index contributed by atoms with van der Waals surface area (Å²) in [7, 11) is 0. The van der Waals surface area contributed by atoms with Crippen LogP contribution in [0.2, 0.25) is 0 Å². The van der Waals surface area contributed by atoms with Gasteiger partial charge in [-0.25, -0.2) is 4.39 Å². The molecule has 4 heteroatoms. The van der Waals surface area contributed by atoms with Crippen LogP contribution in [0.5, 0.6) is 5.75 Å². The van der Waals surface area contributed by atoms with Crippen molar-refractivity contribution in [3.8, 4) is 5.75 Å². The summed E-state index contributed by atoms with van der Waals surface area (Å²) in [5.74, 6) is -0.348. The van der Waals surface area contributed by atoms with E-state index in [-0.39, 0.29) is 12.4 Å². The van der Waals surface area contributed by atoms with E-state index in [2.05, 4.69) is 0 Å². The number of nitrogens with two attached hydrogens (primary N) is 1. The molecule has 0 aliphatic carbocycles. The van der Waals surface area contributed by atoms with Crippen molar-refractivity contribution in [2.45, 2.75) is 12.8 Å². The highest BCUT2D eigenvalue weighted by Gasteiger charge is 2.06. The summed E-state index contributed by atoms with van der Waals surface area (Å²) in [4.78, 5) is 0. The third kappa shape index (κ3) is 2.88. The highest BCUT2D eigenvalue weighted by atomic mass is 19.1. The molecule has 0 fully saturated rings. The number of unbranched alkanes of at least 4 members (excludes halogenated alkanes) is 1. The maximum atomic E-state index is 13.1. The lowest BCUT2D eigenvalue weighted by Crippen LogP contribution is -2.03. The maximum absolute atomic E-state index is 13.1. The number of para-hydroxylation sites is 1. The lowest BCUT2D eigenvalue weighted by Gasteiger charge is -2.08. The van der Waals surface area contributed by atoms with Gasteiger partial charge in [-0.05, 0) is 25.0 Å². The molecule has 0 saturated heterocycles. The molecule has 0 spiro atoms. The zero-order valence-corrected chi connectivity index (χ0v) is 7.87. The third-order valence-corrected chi connectivity index (χ3v) is 1.80. The van der Waals surface area contributed by atoms with Gasteiger partial charge in [0.2, 0.25) is 0 Å². The van der Waals surface area contributed by atoms with E-state index < -0.39 is 5.82 Å². The molecule has 1 rings (SSSR count). The molecule has 3 nitrogen and oxygen atoms in total. The number of rotatable bonds is 5. The van der Waals surface area contributed by atoms with Gasteiger partial charge >= 0.3 is 0 Å². The van der Waals surface area contributed by atoms with E-state index >= 15 is 0 Å². The van der Waals surface area contributed by atoms with Crippen LogP contribution in [-0.2, 0) is 0 Å². The quantitative estimate of drug-likeness (QED) is 0.559. The molecule has 1 aromatic carbocycles. The molecule has 14 heavy (non-hydrogen) atoms. The van der Waals surface area contributed by atoms with Gasteiger partial charge < -0.3 is 15.6 Å². The summed E-state index contributed by atoms with van der Waals surface area (Å²) in [6.45, 7) is 0.488. The SMILES string of the molecule is Nc1cccc(F)c1OCCCCO. The normalized spacial score (nSPS) is 10.1. The second-order valence-corrected chi connectivity index (χ2v) is 2.94. The summed E-state index contributed by atoms with van der Waals surface area (Å²) in [5, 5.41) is 8.52. The molecule has 0 heterocycles. The number of halogens is 1. The van der Waals surface area contributed by atoms with Crippen LogP contribution in [0.3, 0.4) is 0 Å². The number of aliphatic hydroxyl groups excluding tert-OH is 1. The summed E-state index contributed by atoms with van der Waals surface area (Å²) >= 11 is 0. The molecule has 0 aliphatic heterocycles. The molecule has 0 unspecified atom stereocenters. The Labute approximate surface area is 82.3 Å². The third-order valence-electron chi connectivity index (χ3n) is 1.80. The lowest BCUT2D eigenvalue weighted by molar-refractivity contribution is 0.249. The Balaban J connectivity index is 2.49. The Kier molecular flexibility index (Phi) is 4.19. The number of anilines is 1. The lowest BCUT2D eigenvalue weighted by atomic mass is 10.3. The number of nitrogen functional groups attached to an aromatic ring is 1. The topological polar surface area (TPSA) is 55.5 Å². The van der Waals surface area contributed by atoms with E-state index in [9.17, 15) is 4.39 Å². The fourth-order valence-corrected chi connectivity index (χ4v) is 1.07. The second kappa shape index (κ2) is 5.44. The van der Waals surface area contributed by atoms with Crippen LogP contribution in [0.4, 0.5) is 10.1 Å². The Morgan fingerprint density at radius 2 is 2.14 bits per heavy atom. The molecule has 1 aromatic rings. The van der Waals surface area contributed by atoms with Crippen molar-refractivity contribution in [1.29, 1.82) is 0 Å². The Morgan fingerprint density at radius 3 is 2.79 bits per heavy atom. The summed E-state index contributed by atoms with van der Waals surface area (Å²) in [6.07, 6.45) is 1.33. The van der Waals surface area contributed by atoms with Crippen LogP contribution in [0.1, 0.15) is 12.8 Å². The first-order valence-corrected chi connectivity index (χ1v) is 4.53. The van der Waals surface area contributed by atoms with E-state index in [1.165, 1.54) is 12.1 Å². The molecule has 0 atom stereocenters. The zero-order valence-electron chi connectivity index (χ0n) is 7.87. The molecule has 78 valence electrons. The van der Waals surface area contributed by atoms with Crippen molar-refractivity contribution in [1.82, 2.24) is 0 Å². The van der Waals surface area contributed by atoms with Gasteiger partial charge in [-0.15, -0.1) is 0 Å². The molecule has 0 aliphatic rings. The molecule has 0 bridgehead atoms. The van der Waals surface area contributed by atoms with E-state index in [0.717, 1.165) is 0 Å². The minimum absolute atomic E-state index is 0.102. The highest BCUT2D eigenvalue weighted by molar-refractivity contribution is 5.52. The molecular weight excluding hydrogens is 185 g/mol. The highest BCUT2D eigenvalue weighted by Crippen LogP contribution is 2.24. The average molecular weight is 199 g/mol. The number of benzene rings is 1. The first kappa shape index (κ1) is 10.8. The fourth-order valence-electron chi connectivity index (χ4n) is 1.07. The largest absolute Gasteiger partial charge is 0.488 e. The number of ether oxygens (including phenoxy) is 1. The minimum Gasteiger partial charge on any atom is -0.488 e. The van der Waals surface area contributed by atoms with Gasteiger partial charge in [0.15, 0.2) is 11.6 Å². The zero-order chi connectivity index (χ0) is 10.4. The number of hydrogen-bond acceptors (Lipinski definition) is 3. The van der Waals surface area contributed by atoms with Gasteiger partial charge in [0, 0.05) is 6.61 Å². The predicted octanol–water partition coefficient (Wildman–Crippen LogP) is 1.56. The van der Waals surface area contributed by atoms with Crippen LogP contribution in [-0.4, -0.2) is 18.3 Å². The van der Waals surface area contributed by atoms with E-state index in [1.54, 1.807) is 6.07 Å². The first-order chi connectivity index (χ1) is 6.75. The molecule has 0 aromatic heterocycles. The molecule has 0 amide bonds. The van der Waals surface area contributed by atoms with Crippen LogP contribution in [0.15, 0.2) is 18.2 Å². The van der Waals surface area contributed by atoms with Crippen LogP contribution >= 0.6 is 0 Å². The Morgan fingerprint density at radius 1 is 1.36 bits per heavy atom. The average Bonchev–Trinajstić information content (AvgIpc) is 2.16. The van der Waals surface area contributed by atoms with Crippen molar-refractivity contribution < 1.29 is 14.2 Å². The fraction of sp³-hybridized carbons (Fsp3) is 0.400. The van der Waals surface area contributed by atoms with E-state index in [1.807, 2.05) is 0 Å². The summed E-state index contributed by atoms with van der Waals surface area (Å²) in [5.41, 5.74) is 5.82.